The van der Waals surface area contributed by atoms with E-state index >= 15 is 0 Å². The molecular formula is C14H21N5O7. The Kier molecular flexibility index (Phi) is 9.84. The summed E-state index contributed by atoms with van der Waals surface area (Å²) in [6.45, 7) is 2.20. The normalized spacial score (nSPS) is 9.73. The zero-order valence-corrected chi connectivity index (χ0v) is 14.2. The van der Waals surface area contributed by atoms with Crippen LogP contribution in [0.4, 0.5) is 17.1 Å². The lowest BCUT2D eigenvalue weighted by Gasteiger charge is -1.97. The number of phenols is 1. The molecular weight excluding hydrogens is 350 g/mol. The van der Waals surface area contributed by atoms with E-state index in [-0.39, 0.29) is 0 Å². The molecule has 0 aliphatic rings. The first-order valence-corrected chi connectivity index (χ1v) is 7.74. The van der Waals surface area contributed by atoms with Crippen LogP contribution < -0.4 is 5.73 Å². The van der Waals surface area contributed by atoms with Gasteiger partial charge >= 0.3 is 11.4 Å². The van der Waals surface area contributed by atoms with Crippen molar-refractivity contribution in [3.63, 3.8) is 0 Å². The van der Waals surface area contributed by atoms with E-state index in [1.807, 2.05) is 0 Å². The molecule has 144 valence electrons. The Labute approximate surface area is 148 Å². The van der Waals surface area contributed by atoms with Crippen LogP contribution in [0.1, 0.15) is 45.4 Å². The first-order chi connectivity index (χ1) is 12.1. The lowest BCUT2D eigenvalue weighted by Crippen LogP contribution is -2.08. The van der Waals surface area contributed by atoms with Crippen LogP contribution in [0.5, 0.6) is 5.75 Å². The second-order valence-electron chi connectivity index (χ2n) is 5.29. The third kappa shape index (κ3) is 7.99. The molecule has 0 amide bonds. The number of non-ortho nitro benzene ring substituents is 1. The molecule has 26 heavy (non-hydrogen) atoms. The Balaban J connectivity index is 0.000000541. The van der Waals surface area contributed by atoms with E-state index < -0.39 is 37.6 Å². The second-order valence-corrected chi connectivity index (χ2v) is 5.29. The summed E-state index contributed by atoms with van der Waals surface area (Å²) < 4.78 is 0. The zero-order chi connectivity index (χ0) is 20.3. The highest BCUT2D eigenvalue weighted by atomic mass is 16.6. The van der Waals surface area contributed by atoms with Crippen molar-refractivity contribution in [3.8, 4) is 5.75 Å². The standard InChI is InChI=1S/C8H18N2.C6H3N3O7/c1-2-3-4-5-6-7-8(9)10;10-6-4(8(13)14)1-3(7(11)12)2-5(6)9(15)16/h2-7H2,1H3,(H3,9,10);1-2,10H. The molecule has 0 unspecified atom stereocenters. The minimum atomic E-state index is -1.21. The molecule has 0 saturated heterocycles. The highest BCUT2D eigenvalue weighted by molar-refractivity contribution is 5.76. The van der Waals surface area contributed by atoms with Gasteiger partial charge in [-0.15, -0.1) is 0 Å². The van der Waals surface area contributed by atoms with Gasteiger partial charge in [-0.2, -0.15) is 0 Å². The van der Waals surface area contributed by atoms with Gasteiger partial charge in [-0.1, -0.05) is 32.6 Å². The number of hydrogen-bond donors (Lipinski definition) is 3. The van der Waals surface area contributed by atoms with E-state index in [2.05, 4.69) is 6.92 Å². The summed E-state index contributed by atoms with van der Waals surface area (Å²) in [5.74, 6) is -0.878. The number of phenolic OH excluding ortho intramolecular Hbond substituents is 1. The Morgan fingerprint density at radius 2 is 1.46 bits per heavy atom. The summed E-state index contributed by atoms with van der Waals surface area (Å²) in [6.07, 6.45) is 6.99. The van der Waals surface area contributed by atoms with Crippen LogP contribution in [0.15, 0.2) is 12.1 Å². The Morgan fingerprint density at radius 1 is 1.00 bits per heavy atom. The van der Waals surface area contributed by atoms with Gasteiger partial charge in [-0.05, 0) is 6.42 Å². The summed E-state index contributed by atoms with van der Waals surface area (Å²) >= 11 is 0. The van der Waals surface area contributed by atoms with Crippen LogP contribution in [0.2, 0.25) is 0 Å². The first kappa shape index (κ1) is 22.7. The van der Waals surface area contributed by atoms with Gasteiger partial charge in [0.2, 0.25) is 0 Å². The number of nitro groups is 3. The van der Waals surface area contributed by atoms with Crippen LogP contribution in [0, 0.1) is 35.8 Å². The molecule has 12 nitrogen and oxygen atoms in total. The zero-order valence-electron chi connectivity index (χ0n) is 14.2. The van der Waals surface area contributed by atoms with Crippen molar-refractivity contribution >= 4 is 22.9 Å². The van der Waals surface area contributed by atoms with E-state index in [4.69, 9.17) is 16.2 Å². The molecule has 0 spiro atoms. The molecule has 0 atom stereocenters. The number of nitro benzene ring substituents is 3. The smallest absolute Gasteiger partial charge is 0.324 e. The van der Waals surface area contributed by atoms with E-state index in [1.165, 1.54) is 25.7 Å². The van der Waals surface area contributed by atoms with Gasteiger partial charge in [0.15, 0.2) is 0 Å². The van der Waals surface area contributed by atoms with Crippen LogP contribution in [-0.2, 0) is 0 Å². The van der Waals surface area contributed by atoms with E-state index in [1.54, 1.807) is 0 Å². The van der Waals surface area contributed by atoms with Gasteiger partial charge in [0.05, 0.1) is 32.7 Å². The van der Waals surface area contributed by atoms with Crippen molar-refractivity contribution in [2.75, 3.05) is 0 Å². The number of hydrogen-bond acceptors (Lipinski definition) is 8. The third-order valence-electron chi connectivity index (χ3n) is 3.21. The molecule has 0 radical (unpaired) electrons. The van der Waals surface area contributed by atoms with Crippen molar-refractivity contribution in [1.82, 2.24) is 0 Å². The average Bonchev–Trinajstić information content (AvgIpc) is 2.54. The maximum atomic E-state index is 10.4. The van der Waals surface area contributed by atoms with E-state index in [9.17, 15) is 30.3 Å². The van der Waals surface area contributed by atoms with Crippen LogP contribution in [-0.4, -0.2) is 25.7 Å². The van der Waals surface area contributed by atoms with Gasteiger partial charge in [0.1, 0.15) is 0 Å². The van der Waals surface area contributed by atoms with Gasteiger partial charge < -0.3 is 10.8 Å². The quantitative estimate of drug-likeness (QED) is 0.192. The maximum Gasteiger partial charge on any atom is 0.324 e. The number of nitrogens with zero attached hydrogens (tertiary/aromatic N) is 3. The molecule has 0 aliphatic carbocycles. The Bertz CT molecular complexity index is 643. The van der Waals surface area contributed by atoms with E-state index in [0.29, 0.717) is 18.0 Å². The minimum absolute atomic E-state index is 0.330. The summed E-state index contributed by atoms with van der Waals surface area (Å²) in [7, 11) is 0. The lowest BCUT2D eigenvalue weighted by atomic mass is 10.1. The first-order valence-electron chi connectivity index (χ1n) is 7.74. The van der Waals surface area contributed by atoms with Gasteiger partial charge in [-0.25, -0.2) is 0 Å². The molecule has 0 fully saturated rings. The van der Waals surface area contributed by atoms with Gasteiger partial charge in [0, 0.05) is 6.42 Å². The molecule has 1 aromatic carbocycles. The fourth-order valence-electron chi connectivity index (χ4n) is 1.89. The Morgan fingerprint density at radius 3 is 1.81 bits per heavy atom. The van der Waals surface area contributed by atoms with Crippen molar-refractivity contribution in [2.45, 2.75) is 45.4 Å². The van der Waals surface area contributed by atoms with Crippen molar-refractivity contribution < 1.29 is 19.9 Å². The summed E-state index contributed by atoms with van der Waals surface area (Å²) in [5, 5.41) is 47.2. The van der Waals surface area contributed by atoms with Crippen LogP contribution in [0.3, 0.4) is 0 Å². The topological polar surface area (TPSA) is 200 Å². The predicted molar refractivity (Wildman–Crippen MR) is 93.4 cm³/mol. The fourth-order valence-corrected chi connectivity index (χ4v) is 1.89. The van der Waals surface area contributed by atoms with Crippen LogP contribution >= 0.6 is 0 Å². The predicted octanol–water partition coefficient (Wildman–Crippen LogP) is 3.40. The number of rotatable bonds is 9. The second kappa shape index (κ2) is 11.3. The number of benzene rings is 1. The minimum Gasteiger partial charge on any atom is -0.497 e. The summed E-state index contributed by atoms with van der Waals surface area (Å²) in [4.78, 5) is 27.8. The SMILES string of the molecule is CCCCCCCC(=N)N.O=[N+]([O-])c1cc([N+](=O)[O-])c(O)c([N+](=O)[O-])c1. The number of amidine groups is 1. The third-order valence-corrected chi connectivity index (χ3v) is 3.21. The van der Waals surface area contributed by atoms with Crippen LogP contribution in [0.25, 0.3) is 0 Å². The molecule has 12 heteroatoms. The largest absolute Gasteiger partial charge is 0.497 e. The summed E-state index contributed by atoms with van der Waals surface area (Å²) in [5.41, 5.74) is 2.19. The van der Waals surface area contributed by atoms with Gasteiger partial charge in [0.25, 0.3) is 11.4 Å². The molecule has 0 saturated carbocycles. The number of nitrogens with one attached hydrogen (secondary N) is 1. The number of aromatic hydroxyl groups is 1. The number of unbranched alkanes of at least 4 members (excludes halogenated alkanes) is 4. The molecule has 0 aromatic heterocycles. The fraction of sp³-hybridized carbons (Fsp3) is 0.500. The highest BCUT2D eigenvalue weighted by Crippen LogP contribution is 2.38. The van der Waals surface area contributed by atoms with Crippen molar-refractivity contribution in [2.24, 2.45) is 5.73 Å². The van der Waals surface area contributed by atoms with Crippen molar-refractivity contribution in [1.29, 1.82) is 5.41 Å². The summed E-state index contributed by atoms with van der Waals surface area (Å²) in [6, 6.07) is 0.894. The highest BCUT2D eigenvalue weighted by Gasteiger charge is 2.30. The molecule has 4 N–H and O–H groups in total. The van der Waals surface area contributed by atoms with Gasteiger partial charge in [-0.3, -0.25) is 35.8 Å². The molecule has 1 aromatic rings. The molecule has 0 heterocycles. The monoisotopic (exact) mass is 371 g/mol. The molecule has 1 rings (SSSR count). The lowest BCUT2D eigenvalue weighted by molar-refractivity contribution is -0.404. The average molecular weight is 371 g/mol. The molecule has 0 aliphatic heterocycles. The Hall–Kier alpha value is -3.31. The number of nitrogens with two attached hydrogens (primary N) is 1. The molecule has 0 bridgehead atoms. The maximum absolute atomic E-state index is 10.4. The van der Waals surface area contributed by atoms with E-state index in [0.717, 1.165) is 12.8 Å². The van der Waals surface area contributed by atoms with Crippen molar-refractivity contribution in [3.05, 3.63) is 42.5 Å².